The second kappa shape index (κ2) is 5.88. The second-order valence-electron chi connectivity index (χ2n) is 5.03. The number of hydrogen-bond donors (Lipinski definition) is 1. The zero-order valence-corrected chi connectivity index (χ0v) is 12.4. The number of rotatable bonds is 2. The van der Waals surface area contributed by atoms with Gasteiger partial charge in [-0.05, 0) is 44.5 Å². The number of hydrogen-bond acceptors (Lipinski definition) is 2. The van der Waals surface area contributed by atoms with E-state index in [1.54, 1.807) is 0 Å². The lowest BCUT2D eigenvalue weighted by molar-refractivity contribution is 0.457. The van der Waals surface area contributed by atoms with E-state index >= 15 is 0 Å². The minimum Gasteiger partial charge on any atom is -0.327 e. The topological polar surface area (TPSA) is 29.9 Å². The van der Waals surface area contributed by atoms with Gasteiger partial charge in [-0.1, -0.05) is 28.1 Å². The third-order valence-corrected chi connectivity index (χ3v) is 4.22. The molecule has 0 spiro atoms. The maximum Gasteiger partial charge on any atom is 0.0953 e. The van der Waals surface area contributed by atoms with Crippen LogP contribution in [0.3, 0.4) is 0 Å². The molecule has 100 valence electrons. The zero-order chi connectivity index (χ0) is 13.1. The molecular formula is C15H18BrN3. The van der Waals surface area contributed by atoms with E-state index in [1.165, 1.54) is 30.5 Å². The Morgan fingerprint density at radius 1 is 1.26 bits per heavy atom. The van der Waals surface area contributed by atoms with Gasteiger partial charge in [-0.15, -0.1) is 0 Å². The van der Waals surface area contributed by atoms with Crippen LogP contribution in [-0.2, 0) is 0 Å². The second-order valence-corrected chi connectivity index (χ2v) is 5.95. The summed E-state index contributed by atoms with van der Waals surface area (Å²) in [6.45, 7) is 2.23. The Balaban J connectivity index is 1.93. The minimum absolute atomic E-state index is 0.562. The molecule has 19 heavy (non-hydrogen) atoms. The van der Waals surface area contributed by atoms with Gasteiger partial charge in [0, 0.05) is 16.1 Å². The highest BCUT2D eigenvalue weighted by molar-refractivity contribution is 9.10. The Hall–Kier alpha value is -1.13. The van der Waals surface area contributed by atoms with Crippen LogP contribution in [0.2, 0.25) is 0 Å². The highest BCUT2D eigenvalue weighted by Crippen LogP contribution is 2.28. The Kier molecular flexibility index (Phi) is 3.99. The summed E-state index contributed by atoms with van der Waals surface area (Å²) in [7, 11) is 0. The summed E-state index contributed by atoms with van der Waals surface area (Å²) in [6, 6.07) is 8.99. The lowest BCUT2D eigenvalue weighted by atomic mass is 10.1. The smallest absolute Gasteiger partial charge is 0.0953 e. The fraction of sp³-hybridized carbons (Fsp3) is 0.400. The van der Waals surface area contributed by atoms with Gasteiger partial charge in [0.15, 0.2) is 0 Å². The molecule has 3 nitrogen and oxygen atoms in total. The average molecular weight is 320 g/mol. The fourth-order valence-corrected chi connectivity index (χ4v) is 3.15. The van der Waals surface area contributed by atoms with Crippen LogP contribution in [0.25, 0.3) is 11.3 Å². The number of nitrogens with zero attached hydrogens (tertiary/aromatic N) is 2. The third kappa shape index (κ3) is 2.90. The van der Waals surface area contributed by atoms with Crippen molar-refractivity contribution in [2.75, 3.05) is 13.1 Å². The normalized spacial score (nSPS) is 20.2. The molecule has 0 bridgehead atoms. The molecule has 1 aliphatic rings. The minimum atomic E-state index is 0.562. The van der Waals surface area contributed by atoms with Crippen LogP contribution in [0.15, 0.2) is 41.3 Å². The van der Waals surface area contributed by atoms with Crippen LogP contribution in [0.4, 0.5) is 0 Å². The monoisotopic (exact) mass is 319 g/mol. The van der Waals surface area contributed by atoms with Crippen molar-refractivity contribution < 1.29 is 0 Å². The van der Waals surface area contributed by atoms with Gasteiger partial charge in [-0.2, -0.15) is 0 Å². The van der Waals surface area contributed by atoms with E-state index in [9.17, 15) is 0 Å². The predicted molar refractivity (Wildman–Crippen MR) is 81.1 cm³/mol. The van der Waals surface area contributed by atoms with Crippen LogP contribution in [-0.4, -0.2) is 22.6 Å². The SMILES string of the molecule is Brc1cccc(-c2cncn2C2CCCNCC2)c1. The number of benzene rings is 1. The Labute approximate surface area is 122 Å². The molecule has 1 aromatic carbocycles. The molecule has 1 N–H and O–H groups in total. The summed E-state index contributed by atoms with van der Waals surface area (Å²) in [4.78, 5) is 4.36. The summed E-state index contributed by atoms with van der Waals surface area (Å²) >= 11 is 3.54. The number of aromatic nitrogens is 2. The highest BCUT2D eigenvalue weighted by atomic mass is 79.9. The number of imidazole rings is 1. The molecule has 2 aromatic rings. The summed E-state index contributed by atoms with van der Waals surface area (Å²) in [5.74, 6) is 0. The molecule has 1 saturated heterocycles. The molecule has 4 heteroatoms. The first kappa shape index (κ1) is 12.9. The molecule has 0 saturated carbocycles. The summed E-state index contributed by atoms with van der Waals surface area (Å²) in [5, 5.41) is 3.47. The average Bonchev–Trinajstić information content (AvgIpc) is 2.75. The third-order valence-electron chi connectivity index (χ3n) is 3.73. The van der Waals surface area contributed by atoms with Crippen molar-refractivity contribution in [2.24, 2.45) is 0 Å². The van der Waals surface area contributed by atoms with E-state index in [1.807, 2.05) is 12.5 Å². The summed E-state index contributed by atoms with van der Waals surface area (Å²) in [6.07, 6.45) is 7.59. The molecular weight excluding hydrogens is 302 g/mol. The van der Waals surface area contributed by atoms with Crippen LogP contribution in [0.5, 0.6) is 0 Å². The van der Waals surface area contributed by atoms with Crippen molar-refractivity contribution in [1.82, 2.24) is 14.9 Å². The van der Waals surface area contributed by atoms with Crippen LogP contribution >= 0.6 is 15.9 Å². The van der Waals surface area contributed by atoms with Crippen LogP contribution < -0.4 is 5.32 Å². The fourth-order valence-electron chi connectivity index (χ4n) is 2.75. The molecule has 0 radical (unpaired) electrons. The predicted octanol–water partition coefficient (Wildman–Crippen LogP) is 3.63. The zero-order valence-electron chi connectivity index (χ0n) is 10.8. The van der Waals surface area contributed by atoms with Gasteiger partial charge >= 0.3 is 0 Å². The van der Waals surface area contributed by atoms with Crippen molar-refractivity contribution in [3.63, 3.8) is 0 Å². The van der Waals surface area contributed by atoms with Crippen molar-refractivity contribution in [2.45, 2.75) is 25.3 Å². The van der Waals surface area contributed by atoms with Gasteiger partial charge in [0.1, 0.15) is 0 Å². The molecule has 2 heterocycles. The molecule has 1 atom stereocenters. The quantitative estimate of drug-likeness (QED) is 0.916. The number of halogens is 1. The lowest BCUT2D eigenvalue weighted by Gasteiger charge is -2.19. The van der Waals surface area contributed by atoms with Crippen LogP contribution in [0, 0.1) is 0 Å². The first-order valence-corrected chi connectivity index (χ1v) is 7.62. The molecule has 1 fully saturated rings. The van der Waals surface area contributed by atoms with Crippen molar-refractivity contribution >= 4 is 15.9 Å². The van der Waals surface area contributed by atoms with Gasteiger partial charge in [0.05, 0.1) is 18.2 Å². The van der Waals surface area contributed by atoms with Crippen molar-refractivity contribution in [3.05, 3.63) is 41.3 Å². The lowest BCUT2D eigenvalue weighted by Crippen LogP contribution is -2.15. The van der Waals surface area contributed by atoms with Gasteiger partial charge in [-0.25, -0.2) is 4.98 Å². The van der Waals surface area contributed by atoms with E-state index in [-0.39, 0.29) is 0 Å². The number of nitrogens with one attached hydrogen (secondary N) is 1. The first-order valence-electron chi connectivity index (χ1n) is 6.83. The van der Waals surface area contributed by atoms with Gasteiger partial charge in [-0.3, -0.25) is 0 Å². The van der Waals surface area contributed by atoms with E-state index in [4.69, 9.17) is 0 Å². The molecule has 3 rings (SSSR count). The summed E-state index contributed by atoms with van der Waals surface area (Å²) in [5.41, 5.74) is 2.44. The summed E-state index contributed by atoms with van der Waals surface area (Å²) < 4.78 is 3.45. The van der Waals surface area contributed by atoms with E-state index in [0.29, 0.717) is 6.04 Å². The first-order chi connectivity index (χ1) is 9.34. The highest BCUT2D eigenvalue weighted by Gasteiger charge is 2.17. The maximum absolute atomic E-state index is 4.36. The van der Waals surface area contributed by atoms with Gasteiger partial charge < -0.3 is 9.88 Å². The molecule has 1 aromatic heterocycles. The Morgan fingerprint density at radius 3 is 3.11 bits per heavy atom. The van der Waals surface area contributed by atoms with Crippen LogP contribution in [0.1, 0.15) is 25.3 Å². The van der Waals surface area contributed by atoms with Crippen molar-refractivity contribution in [1.29, 1.82) is 0 Å². The Bertz CT molecular complexity index is 542. The molecule has 1 aliphatic heterocycles. The largest absolute Gasteiger partial charge is 0.327 e. The molecule has 0 amide bonds. The maximum atomic E-state index is 4.36. The van der Waals surface area contributed by atoms with E-state index in [2.05, 4.69) is 55.1 Å². The Morgan fingerprint density at radius 2 is 2.21 bits per heavy atom. The molecule has 0 aliphatic carbocycles. The van der Waals surface area contributed by atoms with E-state index < -0.39 is 0 Å². The van der Waals surface area contributed by atoms with Gasteiger partial charge in [0.25, 0.3) is 0 Å². The van der Waals surface area contributed by atoms with Crippen molar-refractivity contribution in [3.8, 4) is 11.3 Å². The molecule has 1 unspecified atom stereocenters. The van der Waals surface area contributed by atoms with E-state index in [0.717, 1.165) is 17.6 Å². The standard InChI is InChI=1S/C15H18BrN3/c16-13-4-1-3-12(9-13)15-10-18-11-19(15)14-5-2-7-17-8-6-14/h1,3-4,9-11,14,17H,2,5-8H2. The van der Waals surface area contributed by atoms with Gasteiger partial charge in [0.2, 0.25) is 0 Å².